The number of hydrogen-bond acceptors (Lipinski definition) is 3. The van der Waals surface area contributed by atoms with Gasteiger partial charge in [-0.2, -0.15) is 0 Å². The number of halogens is 1. The van der Waals surface area contributed by atoms with E-state index in [-0.39, 0.29) is 5.91 Å². The Morgan fingerprint density at radius 3 is 2.72 bits per heavy atom. The van der Waals surface area contributed by atoms with Gasteiger partial charge in [0.15, 0.2) is 0 Å². The molecular formula is C20H16FNO3. The predicted octanol–water partition coefficient (Wildman–Crippen LogP) is 3.65. The van der Waals surface area contributed by atoms with Gasteiger partial charge in [0.1, 0.15) is 23.5 Å². The Kier molecular flexibility index (Phi) is 3.29. The number of anilines is 1. The average molecular weight is 337 g/mol. The van der Waals surface area contributed by atoms with Gasteiger partial charge in [-0.15, -0.1) is 0 Å². The van der Waals surface area contributed by atoms with Crippen molar-refractivity contribution >= 4 is 29.2 Å². The summed E-state index contributed by atoms with van der Waals surface area (Å²) < 4.78 is 19.8. The first-order valence-corrected chi connectivity index (χ1v) is 8.02. The summed E-state index contributed by atoms with van der Waals surface area (Å²) in [7, 11) is 0. The van der Waals surface area contributed by atoms with E-state index in [1.807, 2.05) is 32.0 Å². The van der Waals surface area contributed by atoms with Crippen LogP contribution in [-0.2, 0) is 26.3 Å². The Balaban J connectivity index is 1.95. The monoisotopic (exact) mass is 337 g/mol. The molecule has 0 saturated heterocycles. The van der Waals surface area contributed by atoms with Crippen molar-refractivity contribution in [1.29, 1.82) is 0 Å². The second kappa shape index (κ2) is 5.28. The Morgan fingerprint density at radius 1 is 1.16 bits per heavy atom. The molecule has 0 unspecified atom stereocenters. The molecule has 25 heavy (non-hydrogen) atoms. The number of carbonyl (C=O) groups excluding carboxylic acids is 2. The quantitative estimate of drug-likeness (QED) is 0.672. The van der Waals surface area contributed by atoms with Crippen molar-refractivity contribution < 1.29 is 18.7 Å². The number of rotatable bonds is 2. The molecule has 2 heterocycles. The molecular weight excluding hydrogens is 321 g/mol. The number of carbonyl (C=O) groups is 2. The van der Waals surface area contributed by atoms with E-state index in [0.29, 0.717) is 29.0 Å². The van der Waals surface area contributed by atoms with E-state index in [1.165, 1.54) is 12.1 Å². The van der Waals surface area contributed by atoms with E-state index >= 15 is 0 Å². The predicted molar refractivity (Wildman–Crippen MR) is 92.2 cm³/mol. The molecule has 0 spiro atoms. The fraction of sp³-hybridized carbons (Fsp3) is 0.200. The van der Waals surface area contributed by atoms with Gasteiger partial charge in [0.05, 0.1) is 5.57 Å². The molecule has 0 fully saturated rings. The normalized spacial score (nSPS) is 19.9. The van der Waals surface area contributed by atoms with Gasteiger partial charge in [-0.1, -0.05) is 18.2 Å². The second-order valence-corrected chi connectivity index (χ2v) is 6.71. The number of amides is 1. The Bertz CT molecular complexity index is 959. The summed E-state index contributed by atoms with van der Waals surface area (Å²) in [6, 6.07) is 9.82. The first-order valence-electron chi connectivity index (χ1n) is 8.02. The lowest BCUT2D eigenvalue weighted by Gasteiger charge is -2.19. The van der Waals surface area contributed by atoms with Crippen molar-refractivity contribution in [1.82, 2.24) is 0 Å². The molecule has 0 atom stereocenters. The molecule has 1 N–H and O–H groups in total. The van der Waals surface area contributed by atoms with Gasteiger partial charge in [0.25, 0.3) is 5.91 Å². The summed E-state index contributed by atoms with van der Waals surface area (Å²) in [6.07, 6.45) is 1.18. The minimum atomic E-state index is -0.646. The molecule has 2 aliphatic heterocycles. The lowest BCUT2D eigenvalue weighted by atomic mass is 9.92. The van der Waals surface area contributed by atoms with Crippen molar-refractivity contribution in [2.24, 2.45) is 0 Å². The molecule has 4 nitrogen and oxygen atoms in total. The van der Waals surface area contributed by atoms with Crippen molar-refractivity contribution in [3.05, 3.63) is 64.5 Å². The van der Waals surface area contributed by atoms with E-state index < -0.39 is 11.4 Å². The van der Waals surface area contributed by atoms with Gasteiger partial charge in [0.2, 0.25) is 0 Å². The first kappa shape index (κ1) is 15.6. The third kappa shape index (κ3) is 2.35. The number of benzene rings is 2. The minimum Gasteiger partial charge on any atom is -0.482 e. The van der Waals surface area contributed by atoms with Crippen LogP contribution in [-0.4, -0.2) is 12.2 Å². The molecule has 0 aromatic heterocycles. The zero-order valence-electron chi connectivity index (χ0n) is 13.9. The highest BCUT2D eigenvalue weighted by molar-refractivity contribution is 6.36. The fourth-order valence-electron chi connectivity index (χ4n) is 3.43. The summed E-state index contributed by atoms with van der Waals surface area (Å²) in [5.41, 5.74) is 3.35. The minimum absolute atomic E-state index is 0.309. The third-order valence-electron chi connectivity index (χ3n) is 4.61. The maximum Gasteiger partial charge on any atom is 0.260 e. The summed E-state index contributed by atoms with van der Waals surface area (Å²) in [5.74, 6) is -0.275. The van der Waals surface area contributed by atoms with E-state index in [9.17, 15) is 14.0 Å². The topological polar surface area (TPSA) is 55.4 Å². The second-order valence-electron chi connectivity index (χ2n) is 6.71. The largest absolute Gasteiger partial charge is 0.482 e. The van der Waals surface area contributed by atoms with Gasteiger partial charge in [-0.05, 0) is 37.6 Å². The fourth-order valence-corrected chi connectivity index (χ4v) is 3.43. The summed E-state index contributed by atoms with van der Waals surface area (Å²) in [6.45, 7) is 3.81. The number of aldehydes is 1. The lowest BCUT2D eigenvalue weighted by molar-refractivity contribution is -0.111. The van der Waals surface area contributed by atoms with Crippen LogP contribution in [0.3, 0.4) is 0 Å². The molecule has 2 aromatic rings. The number of ether oxygens (including phenoxy) is 1. The van der Waals surface area contributed by atoms with Crippen LogP contribution in [0.2, 0.25) is 0 Å². The molecule has 2 aliphatic rings. The maximum absolute atomic E-state index is 13.7. The Labute approximate surface area is 144 Å². The van der Waals surface area contributed by atoms with Gasteiger partial charge in [-0.3, -0.25) is 4.79 Å². The molecule has 1 amide bonds. The molecule has 5 heteroatoms. The average Bonchev–Trinajstić information content (AvgIpc) is 3.01. The van der Waals surface area contributed by atoms with E-state index in [1.54, 1.807) is 6.07 Å². The van der Waals surface area contributed by atoms with E-state index in [4.69, 9.17) is 4.74 Å². The Morgan fingerprint density at radius 2 is 1.96 bits per heavy atom. The first-order chi connectivity index (χ1) is 11.9. The standard InChI is InChI=1S/C20H16FNO3/c1-20(2)15-9-11(7-8-23)3-5-13(15)18(25-20)17-14-10-12(21)4-6-16(14)22-19(17)24/h3-6,8-10H,7H2,1-2H3,(H,22,24). The van der Waals surface area contributed by atoms with Crippen LogP contribution in [0.5, 0.6) is 0 Å². The highest BCUT2D eigenvalue weighted by Gasteiger charge is 2.40. The molecule has 0 aliphatic carbocycles. The molecule has 4 rings (SSSR count). The number of hydrogen-bond donors (Lipinski definition) is 1. The molecule has 0 saturated carbocycles. The van der Waals surface area contributed by atoms with Crippen LogP contribution in [0.4, 0.5) is 10.1 Å². The van der Waals surface area contributed by atoms with Crippen molar-refractivity contribution in [2.45, 2.75) is 25.9 Å². The molecule has 2 aromatic carbocycles. The summed E-state index contributed by atoms with van der Waals surface area (Å²) >= 11 is 0. The van der Waals surface area contributed by atoms with Gasteiger partial charge >= 0.3 is 0 Å². The number of fused-ring (bicyclic) bond motifs is 2. The van der Waals surface area contributed by atoms with Crippen LogP contribution in [0.15, 0.2) is 36.4 Å². The molecule has 0 radical (unpaired) electrons. The van der Waals surface area contributed by atoms with Crippen molar-refractivity contribution in [3.63, 3.8) is 0 Å². The zero-order chi connectivity index (χ0) is 17.8. The smallest absolute Gasteiger partial charge is 0.260 e. The van der Waals surface area contributed by atoms with Crippen LogP contribution in [0.25, 0.3) is 11.3 Å². The van der Waals surface area contributed by atoms with E-state index in [0.717, 1.165) is 23.0 Å². The highest BCUT2D eigenvalue weighted by atomic mass is 19.1. The van der Waals surface area contributed by atoms with Gasteiger partial charge < -0.3 is 14.8 Å². The van der Waals surface area contributed by atoms with E-state index in [2.05, 4.69) is 5.32 Å². The SMILES string of the molecule is CC1(C)OC(=C2C(=O)Nc3ccc(F)cc32)c2ccc(CC=O)cc21. The van der Waals surface area contributed by atoms with Crippen LogP contribution in [0, 0.1) is 5.82 Å². The van der Waals surface area contributed by atoms with Crippen molar-refractivity contribution in [3.8, 4) is 0 Å². The Hall–Kier alpha value is -2.95. The summed E-state index contributed by atoms with van der Waals surface area (Å²) in [4.78, 5) is 23.3. The third-order valence-corrected chi connectivity index (χ3v) is 4.61. The highest BCUT2D eigenvalue weighted by Crippen LogP contribution is 2.48. The van der Waals surface area contributed by atoms with Crippen molar-refractivity contribution in [2.75, 3.05) is 5.32 Å². The van der Waals surface area contributed by atoms with Gasteiger partial charge in [-0.25, -0.2) is 4.39 Å². The number of nitrogens with one attached hydrogen (secondary N) is 1. The zero-order valence-corrected chi connectivity index (χ0v) is 13.9. The van der Waals surface area contributed by atoms with Gasteiger partial charge in [0, 0.05) is 28.8 Å². The maximum atomic E-state index is 13.7. The molecule has 126 valence electrons. The van der Waals surface area contributed by atoms with Crippen LogP contribution < -0.4 is 5.32 Å². The lowest BCUT2D eigenvalue weighted by Crippen LogP contribution is -2.15. The van der Waals surface area contributed by atoms with Crippen LogP contribution in [0.1, 0.15) is 36.1 Å². The molecule has 0 bridgehead atoms. The van der Waals surface area contributed by atoms with Crippen LogP contribution >= 0.6 is 0 Å². The summed E-state index contributed by atoms with van der Waals surface area (Å²) in [5, 5.41) is 2.75.